The zero-order valence-corrected chi connectivity index (χ0v) is 14.1. The van der Waals surface area contributed by atoms with E-state index in [4.69, 9.17) is 9.84 Å². The molecule has 0 bridgehead atoms. The fourth-order valence-electron chi connectivity index (χ4n) is 1.78. The second-order valence-electron chi connectivity index (χ2n) is 6.04. The Morgan fingerprint density at radius 2 is 1.78 bits per heavy atom. The molecule has 1 unspecified atom stereocenters. The van der Waals surface area contributed by atoms with Crippen LogP contribution in [0.1, 0.15) is 32.8 Å². The third-order valence-corrected chi connectivity index (χ3v) is 3.97. The highest BCUT2D eigenvalue weighted by molar-refractivity contribution is 7.88. The van der Waals surface area contributed by atoms with E-state index in [2.05, 4.69) is 0 Å². The molecule has 0 amide bonds. The van der Waals surface area contributed by atoms with Crippen LogP contribution in [0.5, 0.6) is 0 Å². The van der Waals surface area contributed by atoms with Gasteiger partial charge in [-0.25, -0.2) is 13.1 Å². The van der Waals surface area contributed by atoms with Gasteiger partial charge < -0.3 is 9.84 Å². The van der Waals surface area contributed by atoms with Gasteiger partial charge in [-0.3, -0.25) is 9.59 Å². The van der Waals surface area contributed by atoms with Crippen molar-refractivity contribution in [2.24, 2.45) is 0 Å². The molecular formula is C15H21NO6S. The third kappa shape index (κ3) is 7.75. The second kappa shape index (κ2) is 7.56. The summed E-state index contributed by atoms with van der Waals surface area (Å²) < 4.78 is 31.2. The lowest BCUT2D eigenvalue weighted by Gasteiger charge is -2.21. The quantitative estimate of drug-likeness (QED) is 0.722. The van der Waals surface area contributed by atoms with Gasteiger partial charge in [-0.2, -0.15) is 0 Å². The van der Waals surface area contributed by atoms with Crippen LogP contribution in [0.3, 0.4) is 0 Å². The van der Waals surface area contributed by atoms with E-state index in [0.29, 0.717) is 5.56 Å². The van der Waals surface area contributed by atoms with Crippen LogP contribution in [0.2, 0.25) is 0 Å². The molecule has 0 spiro atoms. The molecule has 2 N–H and O–H groups in total. The number of hydrogen-bond acceptors (Lipinski definition) is 5. The predicted octanol–water partition coefficient (Wildman–Crippen LogP) is 1.29. The van der Waals surface area contributed by atoms with Gasteiger partial charge in [0.25, 0.3) is 0 Å². The summed E-state index contributed by atoms with van der Waals surface area (Å²) >= 11 is 0. The Bertz CT molecular complexity index is 648. The van der Waals surface area contributed by atoms with Crippen molar-refractivity contribution in [2.75, 3.05) is 0 Å². The van der Waals surface area contributed by atoms with Crippen LogP contribution in [0.25, 0.3) is 0 Å². The first kappa shape index (κ1) is 19.1. The number of ether oxygens (including phenoxy) is 1. The van der Waals surface area contributed by atoms with Gasteiger partial charge in [-0.1, -0.05) is 30.3 Å². The fourth-order valence-corrected chi connectivity index (χ4v) is 3.11. The largest absolute Gasteiger partial charge is 0.480 e. The smallest absolute Gasteiger partial charge is 0.322 e. The molecule has 0 aliphatic heterocycles. The van der Waals surface area contributed by atoms with Crippen molar-refractivity contribution in [3.05, 3.63) is 35.9 Å². The summed E-state index contributed by atoms with van der Waals surface area (Å²) in [6, 6.07) is 6.76. The number of benzene rings is 1. The molecule has 23 heavy (non-hydrogen) atoms. The van der Waals surface area contributed by atoms with E-state index >= 15 is 0 Å². The van der Waals surface area contributed by atoms with Crippen molar-refractivity contribution in [1.82, 2.24) is 4.72 Å². The zero-order chi connectivity index (χ0) is 17.7. The van der Waals surface area contributed by atoms with E-state index in [9.17, 15) is 18.0 Å². The molecule has 0 fully saturated rings. The Kier molecular flexibility index (Phi) is 6.28. The molecule has 0 heterocycles. The highest BCUT2D eigenvalue weighted by Crippen LogP contribution is 2.11. The summed E-state index contributed by atoms with van der Waals surface area (Å²) in [6.07, 6.45) is -0.583. The number of carbonyl (C=O) groups excluding carboxylic acids is 1. The SMILES string of the molecule is CC(C)(C)OC(=O)CC(NS(=O)(=O)Cc1ccccc1)C(=O)O. The highest BCUT2D eigenvalue weighted by atomic mass is 32.2. The summed E-state index contributed by atoms with van der Waals surface area (Å²) in [5.41, 5.74) is -0.260. The third-order valence-electron chi connectivity index (χ3n) is 2.61. The standard InChI is InChI=1S/C15H21NO6S/c1-15(2,3)22-13(17)9-12(14(18)19)16-23(20,21)10-11-7-5-4-6-8-11/h4-8,12,16H,9-10H2,1-3H3,(H,18,19). The molecule has 0 aromatic heterocycles. The molecule has 0 radical (unpaired) electrons. The molecule has 1 rings (SSSR count). The van der Waals surface area contributed by atoms with Crippen molar-refractivity contribution >= 4 is 22.0 Å². The average molecular weight is 343 g/mol. The molecule has 128 valence electrons. The van der Waals surface area contributed by atoms with Crippen LogP contribution in [-0.4, -0.2) is 37.1 Å². The Morgan fingerprint density at radius 3 is 2.26 bits per heavy atom. The zero-order valence-electron chi connectivity index (χ0n) is 13.3. The Hall–Kier alpha value is -1.93. The summed E-state index contributed by atoms with van der Waals surface area (Å²) in [5.74, 6) is -2.59. The van der Waals surface area contributed by atoms with Gasteiger partial charge in [0.15, 0.2) is 0 Å². The molecule has 8 heteroatoms. The molecular weight excluding hydrogens is 322 g/mol. The maximum absolute atomic E-state index is 12.1. The summed E-state index contributed by atoms with van der Waals surface area (Å²) in [7, 11) is -3.91. The van der Waals surface area contributed by atoms with Crippen LogP contribution in [0, 0.1) is 0 Å². The summed E-state index contributed by atoms with van der Waals surface area (Å²) in [5, 5.41) is 9.12. The van der Waals surface area contributed by atoms with Gasteiger partial charge in [0.05, 0.1) is 12.2 Å². The molecule has 0 saturated carbocycles. The number of aliphatic carboxylic acids is 1. The van der Waals surface area contributed by atoms with E-state index in [1.165, 1.54) is 0 Å². The van der Waals surface area contributed by atoms with Crippen LogP contribution in [0.4, 0.5) is 0 Å². The van der Waals surface area contributed by atoms with Gasteiger partial charge >= 0.3 is 11.9 Å². The van der Waals surface area contributed by atoms with Crippen LogP contribution < -0.4 is 4.72 Å². The van der Waals surface area contributed by atoms with Crippen molar-refractivity contribution < 1.29 is 27.9 Å². The molecule has 0 aliphatic rings. The number of carboxylic acid groups (broad SMARTS) is 1. The van der Waals surface area contributed by atoms with Crippen LogP contribution in [0.15, 0.2) is 30.3 Å². The highest BCUT2D eigenvalue weighted by Gasteiger charge is 2.29. The minimum absolute atomic E-state index is 0.369. The minimum atomic E-state index is -3.91. The van der Waals surface area contributed by atoms with E-state index < -0.39 is 40.0 Å². The predicted molar refractivity (Wildman–Crippen MR) is 84.1 cm³/mol. The van der Waals surface area contributed by atoms with Crippen LogP contribution >= 0.6 is 0 Å². The lowest BCUT2D eigenvalue weighted by Crippen LogP contribution is -2.43. The van der Waals surface area contributed by atoms with Crippen molar-refractivity contribution in [1.29, 1.82) is 0 Å². The summed E-state index contributed by atoms with van der Waals surface area (Å²) in [6.45, 7) is 4.92. The van der Waals surface area contributed by atoms with E-state index in [0.717, 1.165) is 0 Å². The normalized spacial score (nSPS) is 13.3. The first-order chi connectivity index (χ1) is 10.5. The first-order valence-corrected chi connectivity index (χ1v) is 8.62. The first-order valence-electron chi connectivity index (χ1n) is 6.97. The number of carbonyl (C=O) groups is 2. The van der Waals surface area contributed by atoms with Crippen LogP contribution in [-0.2, 0) is 30.1 Å². The van der Waals surface area contributed by atoms with E-state index in [1.54, 1.807) is 51.1 Å². The number of hydrogen-bond donors (Lipinski definition) is 2. The summed E-state index contributed by atoms with van der Waals surface area (Å²) in [4.78, 5) is 22.9. The minimum Gasteiger partial charge on any atom is -0.480 e. The second-order valence-corrected chi connectivity index (χ2v) is 7.80. The molecule has 1 aromatic rings. The fraction of sp³-hybridized carbons (Fsp3) is 0.467. The Balaban J connectivity index is 2.75. The van der Waals surface area contributed by atoms with Gasteiger partial charge in [-0.05, 0) is 26.3 Å². The Morgan fingerprint density at radius 1 is 1.22 bits per heavy atom. The van der Waals surface area contributed by atoms with E-state index in [-0.39, 0.29) is 5.75 Å². The van der Waals surface area contributed by atoms with Gasteiger partial charge in [-0.15, -0.1) is 0 Å². The number of nitrogens with one attached hydrogen (secondary N) is 1. The topological polar surface area (TPSA) is 110 Å². The van der Waals surface area contributed by atoms with Gasteiger partial charge in [0.1, 0.15) is 11.6 Å². The molecule has 1 atom stereocenters. The number of rotatable bonds is 7. The molecule has 0 aliphatic carbocycles. The van der Waals surface area contributed by atoms with E-state index in [1.807, 2.05) is 4.72 Å². The molecule has 0 saturated heterocycles. The average Bonchev–Trinajstić information content (AvgIpc) is 2.35. The maximum atomic E-state index is 12.1. The van der Waals surface area contributed by atoms with Crippen molar-refractivity contribution in [3.8, 4) is 0 Å². The Labute approximate surface area is 135 Å². The lowest BCUT2D eigenvalue weighted by atomic mass is 10.2. The number of esters is 1. The van der Waals surface area contributed by atoms with Crippen molar-refractivity contribution in [2.45, 2.75) is 44.6 Å². The van der Waals surface area contributed by atoms with Gasteiger partial charge in [0.2, 0.25) is 10.0 Å². The lowest BCUT2D eigenvalue weighted by molar-refractivity contribution is -0.158. The maximum Gasteiger partial charge on any atom is 0.322 e. The number of sulfonamides is 1. The molecule has 7 nitrogen and oxygen atoms in total. The van der Waals surface area contributed by atoms with Gasteiger partial charge in [0, 0.05) is 0 Å². The molecule has 1 aromatic carbocycles. The number of carboxylic acids is 1. The monoisotopic (exact) mass is 343 g/mol. The van der Waals surface area contributed by atoms with Crippen molar-refractivity contribution in [3.63, 3.8) is 0 Å².